The zero-order valence-corrected chi connectivity index (χ0v) is 16.0. The van der Waals surface area contributed by atoms with Gasteiger partial charge in [0.05, 0.1) is 6.04 Å². The minimum atomic E-state index is -0.0921. The van der Waals surface area contributed by atoms with Gasteiger partial charge in [-0.15, -0.1) is 0 Å². The molecular weight excluding hydrogens is 314 g/mol. The fourth-order valence-electron chi connectivity index (χ4n) is 5.23. The van der Waals surface area contributed by atoms with Gasteiger partial charge in [-0.1, -0.05) is 19.3 Å². The van der Waals surface area contributed by atoms with E-state index >= 15 is 0 Å². The Morgan fingerprint density at radius 2 is 1.64 bits per heavy atom. The summed E-state index contributed by atoms with van der Waals surface area (Å²) < 4.78 is 0. The first-order valence-electron chi connectivity index (χ1n) is 10.4. The van der Waals surface area contributed by atoms with Crippen molar-refractivity contribution in [3.63, 3.8) is 0 Å². The largest absolute Gasteiger partial charge is 0.354 e. The van der Waals surface area contributed by atoms with Crippen molar-refractivity contribution in [1.82, 2.24) is 15.1 Å². The number of nitrogens with zero attached hydrogens (tertiary/aromatic N) is 2. The second-order valence-corrected chi connectivity index (χ2v) is 8.29. The Hall–Kier alpha value is -1.10. The van der Waals surface area contributed by atoms with Gasteiger partial charge in [-0.2, -0.15) is 0 Å². The number of hydrogen-bond acceptors (Lipinski definition) is 3. The lowest BCUT2D eigenvalue weighted by Gasteiger charge is -2.37. The van der Waals surface area contributed by atoms with Crippen molar-refractivity contribution in [2.75, 3.05) is 19.6 Å². The molecule has 2 amide bonds. The van der Waals surface area contributed by atoms with Gasteiger partial charge in [0.25, 0.3) is 0 Å². The summed E-state index contributed by atoms with van der Waals surface area (Å²) in [4.78, 5) is 29.0. The smallest absolute Gasteiger partial charge is 0.237 e. The molecule has 0 bridgehead atoms. The minimum absolute atomic E-state index is 0.0921. The summed E-state index contributed by atoms with van der Waals surface area (Å²) in [5.74, 6) is 1.02. The predicted octanol–water partition coefficient (Wildman–Crippen LogP) is 2.55. The molecule has 3 aliphatic rings. The number of carbonyl (C=O) groups is 2. The Morgan fingerprint density at radius 1 is 0.960 bits per heavy atom. The quantitative estimate of drug-likeness (QED) is 0.830. The number of rotatable bonds is 5. The maximum Gasteiger partial charge on any atom is 0.237 e. The highest BCUT2D eigenvalue weighted by molar-refractivity contribution is 5.81. The van der Waals surface area contributed by atoms with Gasteiger partial charge in [-0.05, 0) is 57.9 Å². The van der Waals surface area contributed by atoms with Crippen molar-refractivity contribution in [3.05, 3.63) is 0 Å². The van der Waals surface area contributed by atoms with E-state index in [1.165, 1.54) is 32.1 Å². The van der Waals surface area contributed by atoms with Crippen LogP contribution in [0.15, 0.2) is 0 Å². The lowest BCUT2D eigenvalue weighted by atomic mass is 9.89. The SMILES string of the molecule is CC(=O)N1CCC[C@@H]1[C@@H]1CCCN1[C@@H](C)C(=O)NCC1CCCCC1. The van der Waals surface area contributed by atoms with Crippen LogP contribution in [0.3, 0.4) is 0 Å². The van der Waals surface area contributed by atoms with Crippen molar-refractivity contribution in [1.29, 1.82) is 0 Å². The molecule has 1 aliphatic carbocycles. The fraction of sp³-hybridized carbons (Fsp3) is 0.900. The van der Waals surface area contributed by atoms with Crippen LogP contribution >= 0.6 is 0 Å². The van der Waals surface area contributed by atoms with Crippen LogP contribution in [0, 0.1) is 5.92 Å². The van der Waals surface area contributed by atoms with Crippen LogP contribution in [-0.4, -0.2) is 59.4 Å². The predicted molar refractivity (Wildman–Crippen MR) is 99.2 cm³/mol. The molecule has 0 radical (unpaired) electrons. The molecule has 142 valence electrons. The molecule has 25 heavy (non-hydrogen) atoms. The van der Waals surface area contributed by atoms with Crippen LogP contribution in [0.1, 0.15) is 71.6 Å². The molecule has 3 atom stereocenters. The first-order chi connectivity index (χ1) is 12.1. The maximum atomic E-state index is 12.7. The van der Waals surface area contributed by atoms with Crippen LogP contribution in [0.4, 0.5) is 0 Å². The average Bonchev–Trinajstić information content (AvgIpc) is 3.28. The van der Waals surface area contributed by atoms with E-state index in [4.69, 9.17) is 0 Å². The third kappa shape index (κ3) is 4.36. The standard InChI is InChI=1S/C20H35N3O2/c1-15(20(25)21-14-17-8-4-3-5-9-17)22-12-6-10-18(22)19-11-7-13-23(19)16(2)24/h15,17-19H,3-14H2,1-2H3,(H,21,25)/t15-,18-,19+/m0/s1. The molecule has 5 heteroatoms. The minimum Gasteiger partial charge on any atom is -0.354 e. The molecule has 0 spiro atoms. The molecule has 1 saturated carbocycles. The Morgan fingerprint density at radius 3 is 2.36 bits per heavy atom. The molecule has 0 aromatic rings. The molecule has 0 unspecified atom stereocenters. The van der Waals surface area contributed by atoms with Gasteiger partial charge in [0, 0.05) is 32.1 Å². The number of likely N-dealkylation sites (tertiary alicyclic amines) is 2. The van der Waals surface area contributed by atoms with Crippen LogP contribution in [0.2, 0.25) is 0 Å². The first-order valence-corrected chi connectivity index (χ1v) is 10.4. The van der Waals surface area contributed by atoms with E-state index in [1.807, 2.05) is 11.8 Å². The summed E-state index contributed by atoms with van der Waals surface area (Å²) in [6.45, 7) is 6.42. The summed E-state index contributed by atoms with van der Waals surface area (Å²) in [6.07, 6.45) is 10.9. The van der Waals surface area contributed by atoms with Gasteiger partial charge in [0.1, 0.15) is 0 Å². The van der Waals surface area contributed by atoms with Gasteiger partial charge in [-0.25, -0.2) is 0 Å². The Bertz CT molecular complexity index is 476. The topological polar surface area (TPSA) is 52.7 Å². The van der Waals surface area contributed by atoms with E-state index in [1.54, 1.807) is 6.92 Å². The highest BCUT2D eigenvalue weighted by Crippen LogP contribution is 2.31. The van der Waals surface area contributed by atoms with Crippen LogP contribution in [0.25, 0.3) is 0 Å². The molecule has 5 nitrogen and oxygen atoms in total. The van der Waals surface area contributed by atoms with Crippen LogP contribution < -0.4 is 5.32 Å². The maximum absolute atomic E-state index is 12.7. The lowest BCUT2D eigenvalue weighted by Crippen LogP contribution is -2.54. The highest BCUT2D eigenvalue weighted by Gasteiger charge is 2.41. The van der Waals surface area contributed by atoms with Gasteiger partial charge in [-0.3, -0.25) is 14.5 Å². The zero-order chi connectivity index (χ0) is 17.8. The van der Waals surface area contributed by atoms with E-state index < -0.39 is 0 Å². The molecule has 2 heterocycles. The Labute approximate surface area is 152 Å². The number of hydrogen-bond donors (Lipinski definition) is 1. The number of carbonyl (C=O) groups excluding carboxylic acids is 2. The van der Waals surface area contributed by atoms with E-state index in [0.717, 1.165) is 45.3 Å². The molecule has 0 aromatic carbocycles. The second kappa shape index (κ2) is 8.52. The van der Waals surface area contributed by atoms with Crippen LogP contribution in [0.5, 0.6) is 0 Å². The number of nitrogens with one attached hydrogen (secondary N) is 1. The molecule has 3 rings (SSSR count). The normalized spacial score (nSPS) is 29.8. The molecule has 1 N–H and O–H groups in total. The van der Waals surface area contributed by atoms with Gasteiger partial charge in [0.2, 0.25) is 11.8 Å². The summed E-state index contributed by atoms with van der Waals surface area (Å²) in [7, 11) is 0. The summed E-state index contributed by atoms with van der Waals surface area (Å²) in [5, 5.41) is 3.21. The van der Waals surface area contributed by atoms with Crippen molar-refractivity contribution < 1.29 is 9.59 Å². The first kappa shape index (κ1) is 18.7. The second-order valence-electron chi connectivity index (χ2n) is 8.29. The Balaban J connectivity index is 1.55. The molecular formula is C20H35N3O2. The monoisotopic (exact) mass is 349 g/mol. The molecule has 2 saturated heterocycles. The third-order valence-electron chi connectivity index (χ3n) is 6.66. The lowest BCUT2D eigenvalue weighted by molar-refractivity contribution is -0.131. The van der Waals surface area contributed by atoms with Gasteiger partial charge < -0.3 is 10.2 Å². The van der Waals surface area contributed by atoms with E-state index in [2.05, 4.69) is 10.2 Å². The van der Waals surface area contributed by atoms with Crippen molar-refractivity contribution in [3.8, 4) is 0 Å². The van der Waals surface area contributed by atoms with Crippen molar-refractivity contribution in [2.24, 2.45) is 5.92 Å². The van der Waals surface area contributed by atoms with Crippen LogP contribution in [-0.2, 0) is 9.59 Å². The third-order valence-corrected chi connectivity index (χ3v) is 6.66. The highest BCUT2D eigenvalue weighted by atomic mass is 16.2. The summed E-state index contributed by atoms with van der Waals surface area (Å²) >= 11 is 0. The van der Waals surface area contributed by atoms with Gasteiger partial charge in [0.15, 0.2) is 0 Å². The fourth-order valence-corrected chi connectivity index (χ4v) is 5.23. The van der Waals surface area contributed by atoms with Gasteiger partial charge >= 0.3 is 0 Å². The molecule has 2 aliphatic heterocycles. The van der Waals surface area contributed by atoms with E-state index in [0.29, 0.717) is 18.0 Å². The molecule has 3 fully saturated rings. The summed E-state index contributed by atoms with van der Waals surface area (Å²) in [5.41, 5.74) is 0. The average molecular weight is 350 g/mol. The van der Waals surface area contributed by atoms with Crippen molar-refractivity contribution >= 4 is 11.8 Å². The van der Waals surface area contributed by atoms with E-state index in [9.17, 15) is 9.59 Å². The number of amides is 2. The van der Waals surface area contributed by atoms with Crippen molar-refractivity contribution in [2.45, 2.75) is 89.8 Å². The summed E-state index contributed by atoms with van der Waals surface area (Å²) in [6, 6.07) is 0.556. The Kier molecular flexibility index (Phi) is 6.37. The zero-order valence-electron chi connectivity index (χ0n) is 16.0. The van der Waals surface area contributed by atoms with E-state index in [-0.39, 0.29) is 17.9 Å². The molecule has 0 aromatic heterocycles.